The number of hydrogen-bond donors (Lipinski definition) is 4. The van der Waals surface area contributed by atoms with Gasteiger partial charge in [0.25, 0.3) is 0 Å². The molecule has 26 heavy (non-hydrogen) atoms. The van der Waals surface area contributed by atoms with Crippen molar-refractivity contribution in [3.05, 3.63) is 57.6 Å². The van der Waals surface area contributed by atoms with E-state index in [0.717, 1.165) is 0 Å². The van der Waals surface area contributed by atoms with Crippen LogP contribution >= 0.6 is 11.6 Å². The standard InChI is InChI=1S/C17H16ClNO6S/c1-9-4-13(15(20)21)14(19)17(6-9,16(22)23)7-11-5-12(18)3-2-10(11)8-26(24)25/h2-6,19H,7-8H2,1H3,(H,20,21)(H,22,23)(H,24,25). The maximum atomic E-state index is 12.1. The number of carboxylic acids is 2. The molecular weight excluding hydrogens is 382 g/mol. The fourth-order valence-corrected chi connectivity index (χ4v) is 3.67. The van der Waals surface area contributed by atoms with E-state index in [-0.39, 0.29) is 12.2 Å². The molecule has 2 unspecified atom stereocenters. The van der Waals surface area contributed by atoms with Crippen molar-refractivity contribution in [2.45, 2.75) is 19.1 Å². The summed E-state index contributed by atoms with van der Waals surface area (Å²) in [5.41, 5.74) is -1.71. The lowest BCUT2D eigenvalue weighted by Crippen LogP contribution is -2.43. The third-order valence-corrected chi connectivity index (χ3v) is 4.88. The van der Waals surface area contributed by atoms with Crippen molar-refractivity contribution in [3.8, 4) is 0 Å². The van der Waals surface area contributed by atoms with Crippen LogP contribution in [0.2, 0.25) is 5.02 Å². The van der Waals surface area contributed by atoms with Crippen molar-refractivity contribution in [1.29, 1.82) is 5.41 Å². The minimum Gasteiger partial charge on any atom is -0.480 e. The highest BCUT2D eigenvalue weighted by Gasteiger charge is 2.46. The van der Waals surface area contributed by atoms with E-state index in [4.69, 9.17) is 21.6 Å². The highest BCUT2D eigenvalue weighted by molar-refractivity contribution is 7.78. The van der Waals surface area contributed by atoms with Gasteiger partial charge >= 0.3 is 11.9 Å². The van der Waals surface area contributed by atoms with Crippen molar-refractivity contribution < 1.29 is 28.6 Å². The van der Waals surface area contributed by atoms with Crippen LogP contribution in [0.3, 0.4) is 0 Å². The van der Waals surface area contributed by atoms with Crippen LogP contribution < -0.4 is 0 Å². The number of nitrogens with one attached hydrogen (secondary N) is 1. The van der Waals surface area contributed by atoms with Crippen LogP contribution in [0.5, 0.6) is 0 Å². The van der Waals surface area contributed by atoms with Gasteiger partial charge in [0.2, 0.25) is 0 Å². The monoisotopic (exact) mass is 397 g/mol. The largest absolute Gasteiger partial charge is 0.480 e. The number of allylic oxidation sites excluding steroid dienone is 2. The number of carboxylic acid groups (broad SMARTS) is 2. The molecule has 0 aliphatic heterocycles. The Labute approximate surface area is 156 Å². The molecule has 1 aromatic carbocycles. The molecule has 1 aromatic rings. The molecule has 1 aliphatic carbocycles. The molecule has 2 atom stereocenters. The topological polar surface area (TPSA) is 136 Å². The average Bonchev–Trinajstić information content (AvgIpc) is 2.52. The zero-order valence-corrected chi connectivity index (χ0v) is 15.2. The summed E-state index contributed by atoms with van der Waals surface area (Å²) in [4.78, 5) is 23.5. The van der Waals surface area contributed by atoms with Gasteiger partial charge in [-0.25, -0.2) is 9.00 Å². The van der Waals surface area contributed by atoms with E-state index in [1.807, 2.05) is 0 Å². The third kappa shape index (κ3) is 3.92. The molecule has 0 amide bonds. The van der Waals surface area contributed by atoms with Gasteiger partial charge in [-0.3, -0.25) is 4.79 Å². The highest BCUT2D eigenvalue weighted by atomic mass is 35.5. The molecular formula is C17H16ClNO6S. The Balaban J connectivity index is 2.61. The molecule has 0 bridgehead atoms. The molecule has 7 nitrogen and oxygen atoms in total. The van der Waals surface area contributed by atoms with Gasteiger partial charge in [0.15, 0.2) is 11.1 Å². The van der Waals surface area contributed by atoms with E-state index in [1.54, 1.807) is 6.92 Å². The van der Waals surface area contributed by atoms with E-state index >= 15 is 0 Å². The fraction of sp³-hybridized carbons (Fsp3) is 0.235. The summed E-state index contributed by atoms with van der Waals surface area (Å²) < 4.78 is 20.4. The molecule has 0 aromatic heterocycles. The quantitative estimate of drug-likeness (QED) is 0.545. The first kappa shape index (κ1) is 20.0. The van der Waals surface area contributed by atoms with E-state index in [0.29, 0.717) is 21.7 Å². The van der Waals surface area contributed by atoms with Gasteiger partial charge in [-0.05, 0) is 42.7 Å². The smallest absolute Gasteiger partial charge is 0.337 e. The number of aliphatic carboxylic acids is 2. The van der Waals surface area contributed by atoms with Crippen LogP contribution in [-0.4, -0.2) is 36.6 Å². The van der Waals surface area contributed by atoms with Crippen LogP contribution in [-0.2, 0) is 32.8 Å². The Morgan fingerprint density at radius 1 is 1.27 bits per heavy atom. The zero-order chi connectivity index (χ0) is 19.6. The molecule has 1 aliphatic rings. The maximum absolute atomic E-state index is 12.1. The Kier molecular flexibility index (Phi) is 5.80. The summed E-state index contributed by atoms with van der Waals surface area (Å²) in [7, 11) is 0. The summed E-state index contributed by atoms with van der Waals surface area (Å²) in [5, 5.41) is 27.6. The first-order valence-corrected chi connectivity index (χ1v) is 9.04. The molecule has 0 saturated carbocycles. The summed E-state index contributed by atoms with van der Waals surface area (Å²) in [5.74, 6) is -3.01. The molecule has 138 valence electrons. The number of rotatable bonds is 6. The predicted octanol–water partition coefficient (Wildman–Crippen LogP) is 2.67. The second-order valence-electron chi connectivity index (χ2n) is 5.96. The first-order valence-electron chi connectivity index (χ1n) is 7.39. The van der Waals surface area contributed by atoms with E-state index in [2.05, 4.69) is 0 Å². The third-order valence-electron chi connectivity index (χ3n) is 4.09. The van der Waals surface area contributed by atoms with Gasteiger partial charge in [0.05, 0.1) is 17.0 Å². The van der Waals surface area contributed by atoms with Crippen molar-refractivity contribution in [1.82, 2.24) is 0 Å². The normalized spacial score (nSPS) is 21.0. The molecule has 0 radical (unpaired) electrons. The highest BCUT2D eigenvalue weighted by Crippen LogP contribution is 2.37. The number of carbonyl (C=O) groups is 2. The first-order chi connectivity index (χ1) is 12.1. The maximum Gasteiger partial charge on any atom is 0.337 e. The van der Waals surface area contributed by atoms with Crippen molar-refractivity contribution in [3.63, 3.8) is 0 Å². The van der Waals surface area contributed by atoms with Crippen LogP contribution in [0.1, 0.15) is 18.1 Å². The second-order valence-corrected chi connectivity index (χ2v) is 7.33. The van der Waals surface area contributed by atoms with E-state index in [1.165, 1.54) is 30.4 Å². The summed E-state index contributed by atoms with van der Waals surface area (Å²) in [6, 6.07) is 4.48. The predicted molar refractivity (Wildman–Crippen MR) is 96.9 cm³/mol. The number of hydrogen-bond acceptors (Lipinski definition) is 4. The lowest BCUT2D eigenvalue weighted by molar-refractivity contribution is -0.142. The van der Waals surface area contributed by atoms with Crippen LogP contribution in [0.4, 0.5) is 0 Å². The minimum atomic E-state index is -2.16. The van der Waals surface area contributed by atoms with Crippen LogP contribution in [0.15, 0.2) is 41.5 Å². The Morgan fingerprint density at radius 3 is 2.46 bits per heavy atom. The van der Waals surface area contributed by atoms with Crippen LogP contribution in [0.25, 0.3) is 0 Å². The molecule has 9 heteroatoms. The van der Waals surface area contributed by atoms with Gasteiger partial charge in [-0.15, -0.1) is 0 Å². The number of benzene rings is 1. The van der Waals surface area contributed by atoms with Crippen molar-refractivity contribution >= 4 is 40.3 Å². The molecule has 0 fully saturated rings. The van der Waals surface area contributed by atoms with Gasteiger partial charge in [-0.2, -0.15) is 0 Å². The fourth-order valence-electron chi connectivity index (χ4n) is 2.93. The molecule has 2 rings (SSSR count). The molecule has 0 spiro atoms. The summed E-state index contributed by atoms with van der Waals surface area (Å²) in [6.07, 6.45) is 2.30. The Hall–Kier alpha value is -2.29. The summed E-state index contributed by atoms with van der Waals surface area (Å²) >= 11 is 3.82. The second kappa shape index (κ2) is 7.53. The lowest BCUT2D eigenvalue weighted by Gasteiger charge is -2.31. The Morgan fingerprint density at radius 2 is 1.92 bits per heavy atom. The molecule has 0 heterocycles. The van der Waals surface area contributed by atoms with Gasteiger partial charge in [0.1, 0.15) is 5.41 Å². The average molecular weight is 398 g/mol. The Bertz CT molecular complexity index is 891. The summed E-state index contributed by atoms with van der Waals surface area (Å²) in [6.45, 7) is 1.55. The van der Waals surface area contributed by atoms with Crippen molar-refractivity contribution in [2.24, 2.45) is 5.41 Å². The lowest BCUT2D eigenvalue weighted by atomic mass is 9.70. The zero-order valence-electron chi connectivity index (χ0n) is 13.7. The number of halogens is 1. The van der Waals surface area contributed by atoms with E-state index < -0.39 is 39.7 Å². The SMILES string of the molecule is CC1=CC(Cc2cc(Cl)ccc2CS(=O)O)(C(=O)O)C(=N)C(C(=O)O)=C1. The molecule has 0 saturated heterocycles. The van der Waals surface area contributed by atoms with Gasteiger partial charge in [0, 0.05) is 5.02 Å². The van der Waals surface area contributed by atoms with Crippen LogP contribution in [0, 0.1) is 10.8 Å². The molecule has 4 N–H and O–H groups in total. The van der Waals surface area contributed by atoms with Crippen molar-refractivity contribution in [2.75, 3.05) is 0 Å². The van der Waals surface area contributed by atoms with Gasteiger partial charge in [-0.1, -0.05) is 29.3 Å². The minimum absolute atomic E-state index is 0.236. The van der Waals surface area contributed by atoms with E-state index in [9.17, 15) is 24.0 Å². The van der Waals surface area contributed by atoms with Gasteiger partial charge < -0.3 is 20.2 Å².